The molecule has 3 atom stereocenters. The number of carbonyl (C=O) groups excluding carboxylic acids is 1. The molecule has 2 rings (SSSR count). The van der Waals surface area contributed by atoms with Crippen LogP contribution in [0.1, 0.15) is 38.5 Å². The molecule has 0 aromatic carbocycles. The minimum Gasteiger partial charge on any atom is -0.381 e. The van der Waals surface area contributed by atoms with Gasteiger partial charge in [0.05, 0.1) is 12.0 Å². The minimum atomic E-state index is -4.18. The van der Waals surface area contributed by atoms with E-state index in [1.807, 2.05) is 0 Å². The SMILES string of the molecule is NC(C(=O)NCC1CCCCC1C(F)(F)F)C1CCOCC1. The Kier molecular flexibility index (Phi) is 6.09. The molecular formula is C15H25F3N2O2. The summed E-state index contributed by atoms with van der Waals surface area (Å²) in [5.41, 5.74) is 5.94. The Morgan fingerprint density at radius 2 is 1.82 bits per heavy atom. The molecule has 0 spiro atoms. The molecule has 3 N–H and O–H groups in total. The van der Waals surface area contributed by atoms with Crippen molar-refractivity contribution in [2.24, 2.45) is 23.5 Å². The molecule has 4 nitrogen and oxygen atoms in total. The molecule has 128 valence electrons. The third-order valence-corrected chi connectivity index (χ3v) is 4.94. The maximum Gasteiger partial charge on any atom is 0.392 e. The van der Waals surface area contributed by atoms with E-state index in [0.29, 0.717) is 26.1 Å². The van der Waals surface area contributed by atoms with Crippen molar-refractivity contribution in [3.63, 3.8) is 0 Å². The lowest BCUT2D eigenvalue weighted by atomic mass is 9.78. The van der Waals surface area contributed by atoms with Gasteiger partial charge in [0, 0.05) is 19.8 Å². The smallest absolute Gasteiger partial charge is 0.381 e. The Morgan fingerprint density at radius 1 is 1.18 bits per heavy atom. The van der Waals surface area contributed by atoms with Crippen LogP contribution in [0.4, 0.5) is 13.2 Å². The van der Waals surface area contributed by atoms with Gasteiger partial charge in [0.25, 0.3) is 0 Å². The highest BCUT2D eigenvalue weighted by atomic mass is 19.4. The van der Waals surface area contributed by atoms with Crippen molar-refractivity contribution in [2.45, 2.75) is 50.7 Å². The molecule has 1 heterocycles. The highest BCUT2D eigenvalue weighted by Gasteiger charge is 2.45. The van der Waals surface area contributed by atoms with Gasteiger partial charge in [-0.1, -0.05) is 12.8 Å². The van der Waals surface area contributed by atoms with Crippen LogP contribution in [0.15, 0.2) is 0 Å². The van der Waals surface area contributed by atoms with Crippen molar-refractivity contribution in [3.05, 3.63) is 0 Å². The van der Waals surface area contributed by atoms with Crippen LogP contribution in [0.25, 0.3) is 0 Å². The fourth-order valence-corrected chi connectivity index (χ4v) is 3.52. The first-order valence-electron chi connectivity index (χ1n) is 8.07. The number of hydrogen-bond donors (Lipinski definition) is 2. The summed E-state index contributed by atoms with van der Waals surface area (Å²) < 4.78 is 44.3. The molecule has 22 heavy (non-hydrogen) atoms. The van der Waals surface area contributed by atoms with E-state index in [-0.39, 0.29) is 24.8 Å². The van der Waals surface area contributed by atoms with Crippen LogP contribution < -0.4 is 11.1 Å². The lowest BCUT2D eigenvalue weighted by Gasteiger charge is -2.33. The highest BCUT2D eigenvalue weighted by molar-refractivity contribution is 5.81. The van der Waals surface area contributed by atoms with Gasteiger partial charge in [-0.3, -0.25) is 4.79 Å². The van der Waals surface area contributed by atoms with Crippen molar-refractivity contribution in [1.82, 2.24) is 5.32 Å². The van der Waals surface area contributed by atoms with Gasteiger partial charge in [-0.25, -0.2) is 0 Å². The summed E-state index contributed by atoms with van der Waals surface area (Å²) in [5.74, 6) is -2.11. The highest BCUT2D eigenvalue weighted by Crippen LogP contribution is 2.41. The second kappa shape index (κ2) is 7.64. The number of amides is 1. The zero-order valence-electron chi connectivity index (χ0n) is 12.7. The Hall–Kier alpha value is -0.820. The van der Waals surface area contributed by atoms with E-state index < -0.39 is 24.1 Å². The van der Waals surface area contributed by atoms with Crippen LogP contribution in [-0.4, -0.2) is 37.9 Å². The zero-order valence-corrected chi connectivity index (χ0v) is 12.7. The van der Waals surface area contributed by atoms with Gasteiger partial charge in [0.15, 0.2) is 0 Å². The normalized spacial score (nSPS) is 29.1. The topological polar surface area (TPSA) is 64.4 Å². The second-order valence-electron chi connectivity index (χ2n) is 6.41. The average Bonchev–Trinajstić information content (AvgIpc) is 2.52. The van der Waals surface area contributed by atoms with Crippen molar-refractivity contribution in [3.8, 4) is 0 Å². The Labute approximate surface area is 128 Å². The molecule has 0 aromatic rings. The molecule has 2 aliphatic rings. The summed E-state index contributed by atoms with van der Waals surface area (Å²) in [6.07, 6.45) is -0.659. The number of nitrogens with two attached hydrogens (primary N) is 1. The standard InChI is InChI=1S/C15H25F3N2O2/c16-15(17,18)12-4-2-1-3-11(12)9-20-14(21)13(19)10-5-7-22-8-6-10/h10-13H,1-9,19H2,(H,20,21). The average molecular weight is 322 g/mol. The predicted molar refractivity (Wildman–Crippen MR) is 76.0 cm³/mol. The monoisotopic (exact) mass is 322 g/mol. The fourth-order valence-electron chi connectivity index (χ4n) is 3.52. The van der Waals surface area contributed by atoms with E-state index >= 15 is 0 Å². The molecule has 1 aliphatic carbocycles. The quantitative estimate of drug-likeness (QED) is 0.834. The fraction of sp³-hybridized carbons (Fsp3) is 0.933. The van der Waals surface area contributed by atoms with E-state index in [0.717, 1.165) is 19.3 Å². The maximum atomic E-state index is 13.0. The maximum absolute atomic E-state index is 13.0. The molecule has 7 heteroatoms. The number of rotatable bonds is 4. The van der Waals surface area contributed by atoms with Gasteiger partial charge in [-0.2, -0.15) is 13.2 Å². The molecular weight excluding hydrogens is 297 g/mol. The van der Waals surface area contributed by atoms with Gasteiger partial charge in [-0.15, -0.1) is 0 Å². The molecule has 1 saturated heterocycles. The number of hydrogen-bond acceptors (Lipinski definition) is 3. The number of alkyl halides is 3. The van der Waals surface area contributed by atoms with E-state index in [4.69, 9.17) is 10.5 Å². The van der Waals surface area contributed by atoms with Crippen molar-refractivity contribution in [2.75, 3.05) is 19.8 Å². The van der Waals surface area contributed by atoms with Gasteiger partial charge >= 0.3 is 6.18 Å². The molecule has 1 amide bonds. The summed E-state index contributed by atoms with van der Waals surface area (Å²) in [4.78, 5) is 12.1. The largest absolute Gasteiger partial charge is 0.392 e. The summed E-state index contributed by atoms with van der Waals surface area (Å²) in [7, 11) is 0. The number of carbonyl (C=O) groups is 1. The Balaban J connectivity index is 1.83. The third kappa shape index (κ3) is 4.59. The van der Waals surface area contributed by atoms with Crippen LogP contribution >= 0.6 is 0 Å². The first-order chi connectivity index (χ1) is 10.4. The van der Waals surface area contributed by atoms with Crippen LogP contribution in [0.3, 0.4) is 0 Å². The number of ether oxygens (including phenoxy) is 1. The van der Waals surface area contributed by atoms with Crippen LogP contribution in [0.2, 0.25) is 0 Å². The van der Waals surface area contributed by atoms with E-state index in [2.05, 4.69) is 5.32 Å². The Morgan fingerprint density at radius 3 is 2.45 bits per heavy atom. The summed E-state index contributed by atoms with van der Waals surface area (Å²) >= 11 is 0. The van der Waals surface area contributed by atoms with Crippen LogP contribution in [0, 0.1) is 17.8 Å². The van der Waals surface area contributed by atoms with Gasteiger partial charge in [-0.05, 0) is 37.5 Å². The van der Waals surface area contributed by atoms with Gasteiger partial charge in [0.2, 0.25) is 5.91 Å². The van der Waals surface area contributed by atoms with Crippen LogP contribution in [-0.2, 0) is 9.53 Å². The van der Waals surface area contributed by atoms with Gasteiger partial charge < -0.3 is 15.8 Å². The lowest BCUT2D eigenvalue weighted by molar-refractivity contribution is -0.195. The number of nitrogens with one attached hydrogen (secondary N) is 1. The first kappa shape index (κ1) is 17.5. The molecule has 1 saturated carbocycles. The molecule has 0 bridgehead atoms. The zero-order chi connectivity index (χ0) is 16.2. The first-order valence-corrected chi connectivity index (χ1v) is 8.07. The van der Waals surface area contributed by atoms with E-state index in [1.54, 1.807) is 0 Å². The van der Waals surface area contributed by atoms with Crippen LogP contribution in [0.5, 0.6) is 0 Å². The molecule has 3 unspecified atom stereocenters. The summed E-state index contributed by atoms with van der Waals surface area (Å²) in [6.45, 7) is 1.24. The van der Waals surface area contributed by atoms with Crippen molar-refractivity contribution >= 4 is 5.91 Å². The van der Waals surface area contributed by atoms with E-state index in [9.17, 15) is 18.0 Å². The van der Waals surface area contributed by atoms with E-state index in [1.165, 1.54) is 0 Å². The van der Waals surface area contributed by atoms with Crippen molar-refractivity contribution in [1.29, 1.82) is 0 Å². The molecule has 0 aromatic heterocycles. The van der Waals surface area contributed by atoms with Gasteiger partial charge in [0.1, 0.15) is 0 Å². The summed E-state index contributed by atoms with van der Waals surface area (Å²) in [5, 5.41) is 2.65. The third-order valence-electron chi connectivity index (χ3n) is 4.94. The predicted octanol–water partition coefficient (Wildman–Crippen LogP) is 2.23. The lowest BCUT2D eigenvalue weighted by Crippen LogP contribution is -2.49. The second-order valence-corrected chi connectivity index (χ2v) is 6.41. The molecule has 1 aliphatic heterocycles. The summed E-state index contributed by atoms with van der Waals surface area (Å²) in [6, 6.07) is -0.656. The molecule has 0 radical (unpaired) electrons. The minimum absolute atomic E-state index is 0.0542. The Bertz CT molecular complexity index is 370. The van der Waals surface area contributed by atoms with Crippen molar-refractivity contribution < 1.29 is 22.7 Å². The number of halogens is 3. The molecule has 2 fully saturated rings.